The van der Waals surface area contributed by atoms with Crippen LogP contribution in [0.15, 0.2) is 6.33 Å². The lowest BCUT2D eigenvalue weighted by atomic mass is 10.2. The van der Waals surface area contributed by atoms with E-state index in [1.54, 1.807) is 20.5 Å². The molecule has 1 fully saturated rings. The van der Waals surface area contributed by atoms with Crippen molar-refractivity contribution in [3.8, 4) is 5.75 Å². The minimum absolute atomic E-state index is 0.345. The summed E-state index contributed by atoms with van der Waals surface area (Å²) in [6.45, 7) is 2.98. The molecule has 0 spiro atoms. The smallest absolute Gasteiger partial charge is 0.204 e. The van der Waals surface area contributed by atoms with Gasteiger partial charge in [0.25, 0.3) is 0 Å². The zero-order valence-electron chi connectivity index (χ0n) is 12.5. The maximum Gasteiger partial charge on any atom is 0.204 e. The fourth-order valence-electron chi connectivity index (χ4n) is 2.52. The Hall–Kier alpha value is -1.56. The van der Waals surface area contributed by atoms with Gasteiger partial charge in [-0.25, -0.2) is 9.97 Å². The van der Waals surface area contributed by atoms with Crippen LogP contribution in [0.25, 0.3) is 0 Å². The van der Waals surface area contributed by atoms with Crippen LogP contribution in [0.3, 0.4) is 0 Å². The van der Waals surface area contributed by atoms with Gasteiger partial charge in [0.1, 0.15) is 6.33 Å². The minimum Gasteiger partial charge on any atom is -0.490 e. The molecule has 0 aliphatic heterocycles. The maximum absolute atomic E-state index is 5.46. The van der Waals surface area contributed by atoms with Gasteiger partial charge in [-0.1, -0.05) is 6.92 Å². The Morgan fingerprint density at radius 2 is 2.05 bits per heavy atom. The van der Waals surface area contributed by atoms with Crippen LogP contribution in [-0.2, 0) is 4.74 Å². The molecule has 0 saturated heterocycles. The normalized spacial score (nSPS) is 21.8. The van der Waals surface area contributed by atoms with Crippen molar-refractivity contribution in [3.63, 3.8) is 0 Å². The molecule has 20 heavy (non-hydrogen) atoms. The van der Waals surface area contributed by atoms with Crippen LogP contribution in [0.1, 0.15) is 32.6 Å². The third kappa shape index (κ3) is 3.50. The lowest BCUT2D eigenvalue weighted by Gasteiger charge is -2.17. The molecule has 6 heteroatoms. The number of hydrogen-bond acceptors (Lipinski definition) is 6. The second kappa shape index (κ2) is 7.28. The van der Waals surface area contributed by atoms with Gasteiger partial charge in [0.2, 0.25) is 5.75 Å². The molecule has 1 saturated carbocycles. The Kier molecular flexibility index (Phi) is 5.40. The van der Waals surface area contributed by atoms with Crippen LogP contribution >= 0.6 is 0 Å². The summed E-state index contributed by atoms with van der Waals surface area (Å²) in [6, 6.07) is 0.378. The van der Waals surface area contributed by atoms with E-state index in [4.69, 9.17) is 9.47 Å². The SMILES string of the molecule is CCCNc1ncnc(NC2CCC(OC)C2)c1OC. The lowest BCUT2D eigenvalue weighted by molar-refractivity contribution is 0.108. The van der Waals surface area contributed by atoms with Gasteiger partial charge in [0, 0.05) is 19.7 Å². The van der Waals surface area contributed by atoms with Gasteiger partial charge in [-0.3, -0.25) is 0 Å². The van der Waals surface area contributed by atoms with E-state index in [2.05, 4.69) is 27.5 Å². The van der Waals surface area contributed by atoms with Crippen molar-refractivity contribution in [3.05, 3.63) is 6.33 Å². The van der Waals surface area contributed by atoms with Gasteiger partial charge in [0.05, 0.1) is 13.2 Å². The van der Waals surface area contributed by atoms with Crippen LogP contribution in [0.2, 0.25) is 0 Å². The van der Waals surface area contributed by atoms with Crippen molar-refractivity contribution in [2.75, 3.05) is 31.4 Å². The number of rotatable bonds is 7. The predicted octanol–water partition coefficient (Wildman–Crippen LogP) is 2.29. The molecule has 0 bridgehead atoms. The fraction of sp³-hybridized carbons (Fsp3) is 0.714. The van der Waals surface area contributed by atoms with Crippen molar-refractivity contribution >= 4 is 11.6 Å². The van der Waals surface area contributed by atoms with E-state index in [-0.39, 0.29) is 0 Å². The van der Waals surface area contributed by atoms with Crippen LogP contribution in [-0.4, -0.2) is 42.9 Å². The number of anilines is 2. The number of hydrogen-bond donors (Lipinski definition) is 2. The Labute approximate surface area is 120 Å². The molecular weight excluding hydrogens is 256 g/mol. The van der Waals surface area contributed by atoms with Crippen molar-refractivity contribution < 1.29 is 9.47 Å². The number of aromatic nitrogens is 2. The first-order valence-electron chi connectivity index (χ1n) is 7.20. The van der Waals surface area contributed by atoms with E-state index < -0.39 is 0 Å². The van der Waals surface area contributed by atoms with Crippen molar-refractivity contribution in [1.29, 1.82) is 0 Å². The molecule has 2 rings (SSSR count). The highest BCUT2D eigenvalue weighted by Crippen LogP contribution is 2.32. The van der Waals surface area contributed by atoms with Crippen molar-refractivity contribution in [2.24, 2.45) is 0 Å². The first-order valence-corrected chi connectivity index (χ1v) is 7.20. The topological polar surface area (TPSA) is 68.3 Å². The summed E-state index contributed by atoms with van der Waals surface area (Å²) in [7, 11) is 3.42. The Balaban J connectivity index is 2.07. The summed E-state index contributed by atoms with van der Waals surface area (Å²) in [5.74, 6) is 2.18. The monoisotopic (exact) mass is 280 g/mol. The Bertz CT molecular complexity index is 428. The summed E-state index contributed by atoms with van der Waals surface area (Å²) in [5.41, 5.74) is 0. The van der Waals surface area contributed by atoms with E-state index in [1.807, 2.05) is 0 Å². The van der Waals surface area contributed by atoms with Gasteiger partial charge < -0.3 is 20.1 Å². The van der Waals surface area contributed by atoms with Gasteiger partial charge in [-0.05, 0) is 25.7 Å². The first kappa shape index (κ1) is 14.8. The molecule has 1 aliphatic rings. The van der Waals surface area contributed by atoms with E-state index in [0.717, 1.165) is 43.9 Å². The average Bonchev–Trinajstić information content (AvgIpc) is 2.93. The van der Waals surface area contributed by atoms with Crippen LogP contribution in [0.4, 0.5) is 11.6 Å². The zero-order chi connectivity index (χ0) is 14.4. The van der Waals surface area contributed by atoms with E-state index in [9.17, 15) is 0 Å². The molecule has 0 radical (unpaired) electrons. The quantitative estimate of drug-likeness (QED) is 0.798. The van der Waals surface area contributed by atoms with E-state index in [1.165, 1.54) is 0 Å². The highest BCUT2D eigenvalue weighted by atomic mass is 16.5. The molecule has 1 aliphatic carbocycles. The summed E-state index contributed by atoms with van der Waals surface area (Å²) in [5, 5.41) is 6.70. The highest BCUT2D eigenvalue weighted by molar-refractivity contribution is 5.63. The summed E-state index contributed by atoms with van der Waals surface area (Å²) >= 11 is 0. The number of ether oxygens (including phenoxy) is 2. The second-order valence-electron chi connectivity index (χ2n) is 5.04. The van der Waals surface area contributed by atoms with Crippen molar-refractivity contribution in [2.45, 2.75) is 44.8 Å². The molecule has 2 N–H and O–H groups in total. The third-order valence-corrected chi connectivity index (χ3v) is 3.61. The molecule has 1 heterocycles. The number of nitrogens with one attached hydrogen (secondary N) is 2. The highest BCUT2D eigenvalue weighted by Gasteiger charge is 2.26. The van der Waals surface area contributed by atoms with Gasteiger partial charge in [-0.15, -0.1) is 0 Å². The zero-order valence-corrected chi connectivity index (χ0v) is 12.5. The maximum atomic E-state index is 5.46. The molecule has 1 aromatic heterocycles. The Morgan fingerprint density at radius 3 is 2.70 bits per heavy atom. The third-order valence-electron chi connectivity index (χ3n) is 3.61. The first-order chi connectivity index (χ1) is 9.78. The standard InChI is InChI=1S/C14H24N4O2/c1-4-7-15-13-12(20-3)14(17-9-16-13)18-10-5-6-11(8-10)19-2/h9-11H,4-8H2,1-3H3,(H2,15,16,17,18). The number of methoxy groups -OCH3 is 2. The van der Waals surface area contributed by atoms with E-state index in [0.29, 0.717) is 17.9 Å². The second-order valence-corrected chi connectivity index (χ2v) is 5.04. The van der Waals surface area contributed by atoms with Crippen LogP contribution in [0, 0.1) is 0 Å². The van der Waals surface area contributed by atoms with Gasteiger partial charge in [0.15, 0.2) is 11.6 Å². The fourth-order valence-corrected chi connectivity index (χ4v) is 2.52. The molecule has 0 aromatic carbocycles. The van der Waals surface area contributed by atoms with Crippen LogP contribution in [0.5, 0.6) is 5.75 Å². The molecule has 2 unspecified atom stereocenters. The largest absolute Gasteiger partial charge is 0.490 e. The summed E-state index contributed by atoms with van der Waals surface area (Å²) < 4.78 is 10.9. The number of nitrogens with zero attached hydrogens (tertiary/aromatic N) is 2. The minimum atomic E-state index is 0.345. The van der Waals surface area contributed by atoms with E-state index >= 15 is 0 Å². The lowest BCUT2D eigenvalue weighted by Crippen LogP contribution is -2.19. The Morgan fingerprint density at radius 1 is 1.25 bits per heavy atom. The van der Waals surface area contributed by atoms with Gasteiger partial charge >= 0.3 is 0 Å². The molecule has 2 atom stereocenters. The summed E-state index contributed by atoms with van der Waals surface area (Å²) in [6.07, 6.45) is 6.12. The summed E-state index contributed by atoms with van der Waals surface area (Å²) in [4.78, 5) is 8.55. The molecule has 0 amide bonds. The van der Waals surface area contributed by atoms with Crippen LogP contribution < -0.4 is 15.4 Å². The predicted molar refractivity (Wildman–Crippen MR) is 79.4 cm³/mol. The molecular formula is C14H24N4O2. The molecule has 1 aromatic rings. The molecule has 6 nitrogen and oxygen atoms in total. The van der Waals surface area contributed by atoms with Crippen molar-refractivity contribution in [1.82, 2.24) is 9.97 Å². The average molecular weight is 280 g/mol. The molecule has 112 valence electrons. The van der Waals surface area contributed by atoms with Gasteiger partial charge in [-0.2, -0.15) is 0 Å².